The molecule has 0 heteroatoms. The molecule has 0 radical (unpaired) electrons. The molecule has 9 heavy (non-hydrogen) atoms. The highest BCUT2D eigenvalue weighted by Crippen LogP contribution is 2.30. The molecule has 0 bridgehead atoms. The Balaban J connectivity index is 2.12. The first-order valence-corrected chi connectivity index (χ1v) is 4.01. The fourth-order valence-corrected chi connectivity index (χ4v) is 0.772. The summed E-state index contributed by atoms with van der Waals surface area (Å²) in [7, 11) is 0. The summed E-state index contributed by atoms with van der Waals surface area (Å²) in [5.41, 5.74) is 0. The first-order valence-electron chi connectivity index (χ1n) is 4.01. The quantitative estimate of drug-likeness (QED) is 0.507. The van der Waals surface area contributed by atoms with Gasteiger partial charge in [0, 0.05) is 0 Å². The fraction of sp³-hybridized carbons (Fsp3) is 0.778. The first-order chi connectivity index (χ1) is 4.33. The molecule has 0 aliphatic heterocycles. The van der Waals surface area contributed by atoms with Crippen molar-refractivity contribution < 1.29 is 0 Å². The van der Waals surface area contributed by atoms with E-state index >= 15 is 0 Å². The van der Waals surface area contributed by atoms with E-state index in [4.69, 9.17) is 0 Å². The van der Waals surface area contributed by atoms with Crippen molar-refractivity contribution in [1.82, 2.24) is 0 Å². The minimum Gasteiger partial charge on any atom is -0.0854 e. The van der Waals surface area contributed by atoms with Crippen LogP contribution >= 0.6 is 0 Å². The minimum absolute atomic E-state index is 0.797. The second-order valence-electron chi connectivity index (χ2n) is 3.11. The highest BCUT2D eigenvalue weighted by Gasteiger charge is 2.16. The molecule has 0 amide bonds. The summed E-state index contributed by atoms with van der Waals surface area (Å²) in [6, 6.07) is 0. The van der Waals surface area contributed by atoms with Gasteiger partial charge in [-0.3, -0.25) is 0 Å². The summed E-state index contributed by atoms with van der Waals surface area (Å²) in [5, 5.41) is 0. The summed E-state index contributed by atoms with van der Waals surface area (Å²) < 4.78 is 0. The zero-order chi connectivity index (χ0) is 6.69. The van der Waals surface area contributed by atoms with E-state index in [0.717, 1.165) is 11.8 Å². The molecular weight excluding hydrogens is 108 g/mol. The van der Waals surface area contributed by atoms with Gasteiger partial charge in [-0.15, -0.1) is 0 Å². The van der Waals surface area contributed by atoms with Crippen molar-refractivity contribution in [2.75, 3.05) is 0 Å². The van der Waals surface area contributed by atoms with E-state index in [1.165, 1.54) is 19.3 Å². The van der Waals surface area contributed by atoms with Crippen LogP contribution in [0.15, 0.2) is 12.2 Å². The average molecular weight is 124 g/mol. The third-order valence-corrected chi connectivity index (χ3v) is 1.98. The van der Waals surface area contributed by atoms with Gasteiger partial charge in [-0.2, -0.15) is 0 Å². The van der Waals surface area contributed by atoms with Crippen molar-refractivity contribution in [3.05, 3.63) is 12.2 Å². The molecule has 1 aliphatic rings. The average Bonchev–Trinajstić information content (AvgIpc) is 2.65. The van der Waals surface area contributed by atoms with Gasteiger partial charge in [0.2, 0.25) is 0 Å². The molecule has 0 aromatic rings. The molecule has 0 aromatic heterocycles. The second kappa shape index (κ2) is 3.05. The third kappa shape index (κ3) is 2.69. The number of hydrogen-bond acceptors (Lipinski definition) is 0. The van der Waals surface area contributed by atoms with E-state index in [9.17, 15) is 0 Å². The van der Waals surface area contributed by atoms with Crippen LogP contribution in [0.2, 0.25) is 0 Å². The smallest absolute Gasteiger partial charge is 0.0233 e. The maximum absolute atomic E-state index is 2.38. The van der Waals surface area contributed by atoms with Crippen molar-refractivity contribution >= 4 is 0 Å². The molecule has 52 valence electrons. The van der Waals surface area contributed by atoms with E-state index in [0.29, 0.717) is 0 Å². The normalized spacial score (nSPS) is 22.9. The number of hydrogen-bond donors (Lipinski definition) is 0. The molecule has 0 N–H and O–H groups in total. The Morgan fingerprint density at radius 2 is 2.22 bits per heavy atom. The summed E-state index contributed by atoms with van der Waals surface area (Å²) in [4.78, 5) is 0. The fourth-order valence-electron chi connectivity index (χ4n) is 0.772. The Morgan fingerprint density at radius 3 is 2.67 bits per heavy atom. The van der Waals surface area contributed by atoms with Gasteiger partial charge in [0.25, 0.3) is 0 Å². The minimum atomic E-state index is 0.797. The molecule has 0 heterocycles. The van der Waals surface area contributed by atoms with Crippen LogP contribution in [0.5, 0.6) is 0 Å². The van der Waals surface area contributed by atoms with Gasteiger partial charge >= 0.3 is 0 Å². The zero-order valence-corrected chi connectivity index (χ0v) is 6.43. The predicted octanol–water partition coefficient (Wildman–Crippen LogP) is 3.00. The molecule has 1 unspecified atom stereocenters. The summed E-state index contributed by atoms with van der Waals surface area (Å²) in [5.74, 6) is 1.75. The van der Waals surface area contributed by atoms with Crippen molar-refractivity contribution in [2.24, 2.45) is 11.8 Å². The zero-order valence-electron chi connectivity index (χ0n) is 6.43. The van der Waals surface area contributed by atoms with Crippen LogP contribution in [0.3, 0.4) is 0 Å². The second-order valence-corrected chi connectivity index (χ2v) is 3.11. The van der Waals surface area contributed by atoms with E-state index in [-0.39, 0.29) is 0 Å². The molecule has 0 spiro atoms. The lowest BCUT2D eigenvalue weighted by atomic mass is 10.1. The Morgan fingerprint density at radius 1 is 1.56 bits per heavy atom. The lowest BCUT2D eigenvalue weighted by Gasteiger charge is -1.97. The van der Waals surface area contributed by atoms with Crippen LogP contribution in [-0.4, -0.2) is 0 Å². The molecule has 1 saturated carbocycles. The van der Waals surface area contributed by atoms with E-state index < -0.39 is 0 Å². The van der Waals surface area contributed by atoms with Crippen molar-refractivity contribution in [3.8, 4) is 0 Å². The highest BCUT2D eigenvalue weighted by molar-refractivity contribution is 4.97. The summed E-state index contributed by atoms with van der Waals surface area (Å²) in [6.45, 7) is 4.51. The highest BCUT2D eigenvalue weighted by atomic mass is 14.2. The van der Waals surface area contributed by atoms with Crippen LogP contribution in [-0.2, 0) is 0 Å². The molecule has 0 saturated heterocycles. The largest absolute Gasteiger partial charge is 0.0854 e. The van der Waals surface area contributed by atoms with Gasteiger partial charge in [-0.25, -0.2) is 0 Å². The lowest BCUT2D eigenvalue weighted by Crippen LogP contribution is -1.83. The Labute approximate surface area is 58.0 Å². The van der Waals surface area contributed by atoms with Crippen LogP contribution in [0.25, 0.3) is 0 Å². The van der Waals surface area contributed by atoms with Crippen molar-refractivity contribution in [2.45, 2.75) is 33.1 Å². The van der Waals surface area contributed by atoms with Gasteiger partial charge in [0.05, 0.1) is 0 Å². The SMILES string of the molecule is CCC(C)C=CC1CC1. The summed E-state index contributed by atoms with van der Waals surface area (Å²) in [6.07, 6.45) is 8.90. The van der Waals surface area contributed by atoms with Crippen LogP contribution < -0.4 is 0 Å². The molecule has 1 aliphatic carbocycles. The van der Waals surface area contributed by atoms with Gasteiger partial charge in [-0.1, -0.05) is 32.4 Å². The molecule has 0 nitrogen and oxygen atoms in total. The maximum Gasteiger partial charge on any atom is -0.0233 e. The van der Waals surface area contributed by atoms with E-state index in [1.807, 2.05) is 0 Å². The molecule has 1 fully saturated rings. The molecule has 1 rings (SSSR count). The maximum atomic E-state index is 2.38. The third-order valence-electron chi connectivity index (χ3n) is 1.98. The lowest BCUT2D eigenvalue weighted by molar-refractivity contribution is 0.694. The topological polar surface area (TPSA) is 0 Å². The van der Waals surface area contributed by atoms with Crippen LogP contribution in [0.1, 0.15) is 33.1 Å². The van der Waals surface area contributed by atoms with Gasteiger partial charge in [0.15, 0.2) is 0 Å². The van der Waals surface area contributed by atoms with Gasteiger partial charge in [0.1, 0.15) is 0 Å². The summed E-state index contributed by atoms with van der Waals surface area (Å²) >= 11 is 0. The monoisotopic (exact) mass is 124 g/mol. The number of rotatable bonds is 3. The molecule has 1 atom stereocenters. The Hall–Kier alpha value is -0.260. The van der Waals surface area contributed by atoms with E-state index in [2.05, 4.69) is 26.0 Å². The van der Waals surface area contributed by atoms with Crippen LogP contribution in [0, 0.1) is 11.8 Å². The first kappa shape index (κ1) is 6.85. The van der Waals surface area contributed by atoms with E-state index in [1.54, 1.807) is 0 Å². The van der Waals surface area contributed by atoms with Crippen LogP contribution in [0.4, 0.5) is 0 Å². The van der Waals surface area contributed by atoms with Gasteiger partial charge in [-0.05, 0) is 24.7 Å². The van der Waals surface area contributed by atoms with Crippen molar-refractivity contribution in [1.29, 1.82) is 0 Å². The predicted molar refractivity (Wildman–Crippen MR) is 41.3 cm³/mol. The Kier molecular flexibility index (Phi) is 2.32. The molecular formula is C9H16. The standard InChI is InChI=1S/C9H16/c1-3-8(2)4-5-9-6-7-9/h4-5,8-9H,3,6-7H2,1-2H3. The van der Waals surface area contributed by atoms with Crippen molar-refractivity contribution in [3.63, 3.8) is 0 Å². The Bertz CT molecular complexity index is 98.6. The van der Waals surface area contributed by atoms with Gasteiger partial charge < -0.3 is 0 Å². The number of allylic oxidation sites excluding steroid dienone is 2. The molecule has 0 aromatic carbocycles.